The molecule has 2 amide bonds. The molecule has 0 aliphatic rings. The van der Waals surface area contributed by atoms with E-state index in [2.05, 4.69) is 38.8 Å². The minimum Gasteiger partial charge on any atom is -0.506 e. The van der Waals surface area contributed by atoms with E-state index in [-0.39, 0.29) is 22.8 Å². The number of carbonyl (C=O) groups excluding carboxylic acids is 2. The van der Waals surface area contributed by atoms with Gasteiger partial charge in [0, 0.05) is 72.8 Å². The molecule has 0 radical (unpaired) electrons. The quantitative estimate of drug-likeness (QED) is 0.0338. The molecule has 5 aromatic carbocycles. The summed E-state index contributed by atoms with van der Waals surface area (Å²) in [6.07, 6.45) is 8.36. The molecule has 2 aromatic heterocycles. The van der Waals surface area contributed by atoms with E-state index in [1.165, 1.54) is 23.9 Å². The number of hydrogen-bond donors (Lipinski definition) is 6. The number of pyridine rings is 2. The molecule has 0 aliphatic carbocycles. The number of aliphatic hydroxyl groups is 1. The molecule has 2 heterocycles. The second-order valence-corrected chi connectivity index (χ2v) is 17.0. The zero-order chi connectivity index (χ0) is 47.3. The van der Waals surface area contributed by atoms with Gasteiger partial charge in [0.2, 0.25) is 5.56 Å². The number of aromatic hydroxyl groups is 1. The van der Waals surface area contributed by atoms with Crippen LogP contribution < -0.4 is 31.6 Å². The SMILES string of the molecule is COc1cccc(Nc2c(C(N)=O)cnc3c(C)cc(Cc4cccc(C(=O)N(C)c5ccc(CCCCOCCCCCCNC[C@H](O)c6ccc(O)c7[nH]c(=O)ccc67)cc5)c4)cc23)c1. The van der Waals surface area contributed by atoms with Crippen LogP contribution in [0.5, 0.6) is 11.5 Å². The summed E-state index contributed by atoms with van der Waals surface area (Å²) in [5.74, 6) is -0.0328. The van der Waals surface area contributed by atoms with Crippen LogP contribution >= 0.6 is 0 Å². The van der Waals surface area contributed by atoms with Gasteiger partial charge >= 0.3 is 0 Å². The Balaban J connectivity index is 0.818. The number of phenols is 1. The standard InChI is InChI=1S/C54H60N6O7/c1-35-28-38(31-45-50(35)57-33-46(53(55)64)51(45)58-40-15-11-16-42(32-40)66-3)29-37-13-10-14-39(30-37)54(65)60(2)41-19-17-36(18-20-41)12-6-9-27-67-26-8-5-4-7-25-56-34-48(62)43-21-23-47(61)52-44(43)22-24-49(63)59-52/h10-11,13-24,28,30-33,48,56,61-62H,4-9,12,25-27,29,34H2,1-3H3,(H2,55,64)(H,57,58)(H,59,63)/t48-/m0/s1. The lowest BCUT2D eigenvalue weighted by atomic mass is 9.97. The predicted octanol–water partition coefficient (Wildman–Crippen LogP) is 9.03. The smallest absolute Gasteiger partial charge is 0.258 e. The lowest BCUT2D eigenvalue weighted by Crippen LogP contribution is -2.26. The highest BCUT2D eigenvalue weighted by Crippen LogP contribution is 2.34. The van der Waals surface area contributed by atoms with Gasteiger partial charge in [-0.05, 0) is 134 Å². The Kier molecular flexibility index (Phi) is 16.4. The second kappa shape index (κ2) is 22.9. The van der Waals surface area contributed by atoms with E-state index in [1.54, 1.807) is 31.2 Å². The summed E-state index contributed by atoms with van der Waals surface area (Å²) in [7, 11) is 3.40. The van der Waals surface area contributed by atoms with Gasteiger partial charge < -0.3 is 45.9 Å². The highest BCUT2D eigenvalue weighted by atomic mass is 16.5. The summed E-state index contributed by atoms with van der Waals surface area (Å²) in [6.45, 7) is 4.63. The van der Waals surface area contributed by atoms with Crippen LogP contribution in [0, 0.1) is 6.92 Å². The molecule has 348 valence electrons. The highest BCUT2D eigenvalue weighted by molar-refractivity contribution is 6.08. The third kappa shape index (κ3) is 12.4. The number of amides is 2. The van der Waals surface area contributed by atoms with Gasteiger partial charge in [0.25, 0.3) is 11.8 Å². The molecule has 7 rings (SSSR count). The van der Waals surface area contributed by atoms with E-state index >= 15 is 0 Å². The molecule has 0 unspecified atom stereocenters. The number of carbonyl (C=O) groups is 2. The summed E-state index contributed by atoms with van der Waals surface area (Å²) in [4.78, 5) is 46.9. The summed E-state index contributed by atoms with van der Waals surface area (Å²) in [5, 5.41) is 28.9. The molecule has 7 N–H and O–H groups in total. The van der Waals surface area contributed by atoms with Crippen molar-refractivity contribution >= 4 is 50.7 Å². The van der Waals surface area contributed by atoms with Crippen molar-refractivity contribution in [3.8, 4) is 11.5 Å². The maximum absolute atomic E-state index is 13.8. The first-order valence-corrected chi connectivity index (χ1v) is 22.9. The van der Waals surface area contributed by atoms with Crippen LogP contribution in [0.4, 0.5) is 17.1 Å². The van der Waals surface area contributed by atoms with Gasteiger partial charge in [-0.15, -0.1) is 0 Å². The Morgan fingerprint density at radius 3 is 2.40 bits per heavy atom. The van der Waals surface area contributed by atoms with Crippen molar-refractivity contribution in [2.45, 2.75) is 64.4 Å². The van der Waals surface area contributed by atoms with Crippen molar-refractivity contribution in [3.05, 3.63) is 165 Å². The Labute approximate surface area is 391 Å². The molecule has 7 aromatic rings. The number of nitrogens with two attached hydrogens (primary N) is 1. The van der Waals surface area contributed by atoms with Gasteiger partial charge in [-0.25, -0.2) is 0 Å². The number of unbranched alkanes of at least 4 members (excludes halogenated alkanes) is 4. The van der Waals surface area contributed by atoms with Crippen molar-refractivity contribution in [2.75, 3.05) is 50.7 Å². The van der Waals surface area contributed by atoms with Crippen LogP contribution in [-0.2, 0) is 17.6 Å². The molecule has 13 heteroatoms. The average molecular weight is 905 g/mol. The second-order valence-electron chi connectivity index (χ2n) is 17.0. The largest absolute Gasteiger partial charge is 0.506 e. The number of phenolic OH excluding ortho intramolecular Hbond substituents is 1. The first-order chi connectivity index (χ1) is 32.5. The molecule has 0 saturated carbocycles. The molecule has 0 spiro atoms. The number of H-pyrrole nitrogens is 1. The normalized spacial score (nSPS) is 11.8. The van der Waals surface area contributed by atoms with Gasteiger partial charge in [-0.3, -0.25) is 19.4 Å². The summed E-state index contributed by atoms with van der Waals surface area (Å²) < 4.78 is 11.3. The van der Waals surface area contributed by atoms with Crippen molar-refractivity contribution in [1.82, 2.24) is 15.3 Å². The zero-order valence-electron chi connectivity index (χ0n) is 38.4. The van der Waals surface area contributed by atoms with Crippen LogP contribution in [0.15, 0.2) is 120 Å². The molecule has 0 fully saturated rings. The number of primary amides is 1. The molecule has 13 nitrogen and oxygen atoms in total. The van der Waals surface area contributed by atoms with E-state index < -0.39 is 12.0 Å². The van der Waals surface area contributed by atoms with Crippen LogP contribution in [0.25, 0.3) is 21.8 Å². The molecular formula is C54H60N6O7. The fraction of sp³-hybridized carbons (Fsp3) is 0.296. The topological polar surface area (TPSA) is 192 Å². The van der Waals surface area contributed by atoms with Crippen LogP contribution in [0.3, 0.4) is 0 Å². The van der Waals surface area contributed by atoms with E-state index in [4.69, 9.17) is 15.2 Å². The molecular weight excluding hydrogens is 845 g/mol. The van der Waals surface area contributed by atoms with E-state index in [0.717, 1.165) is 104 Å². The minimum atomic E-state index is -0.761. The van der Waals surface area contributed by atoms with Gasteiger partial charge in [-0.2, -0.15) is 0 Å². The zero-order valence-corrected chi connectivity index (χ0v) is 38.4. The number of aromatic amines is 1. The fourth-order valence-electron chi connectivity index (χ4n) is 8.41. The Morgan fingerprint density at radius 2 is 1.61 bits per heavy atom. The van der Waals surface area contributed by atoms with Crippen LogP contribution in [0.1, 0.15) is 93.2 Å². The van der Waals surface area contributed by atoms with Crippen LogP contribution in [-0.4, -0.2) is 72.5 Å². The number of ether oxygens (including phenoxy) is 2. The average Bonchev–Trinajstić information content (AvgIpc) is 3.33. The van der Waals surface area contributed by atoms with Gasteiger partial charge in [0.1, 0.15) is 11.5 Å². The van der Waals surface area contributed by atoms with Crippen molar-refractivity contribution < 1.29 is 29.3 Å². The van der Waals surface area contributed by atoms with Crippen molar-refractivity contribution in [3.63, 3.8) is 0 Å². The number of methoxy groups -OCH3 is 1. The van der Waals surface area contributed by atoms with Crippen molar-refractivity contribution in [2.24, 2.45) is 5.73 Å². The number of nitrogens with one attached hydrogen (secondary N) is 3. The third-order valence-corrected chi connectivity index (χ3v) is 12.0. The maximum atomic E-state index is 13.8. The lowest BCUT2D eigenvalue weighted by Gasteiger charge is -2.18. The van der Waals surface area contributed by atoms with Crippen LogP contribution in [0.2, 0.25) is 0 Å². The van der Waals surface area contributed by atoms with E-state index in [9.17, 15) is 24.6 Å². The number of benzene rings is 5. The first-order valence-electron chi connectivity index (χ1n) is 22.9. The fourth-order valence-corrected chi connectivity index (χ4v) is 8.41. The first kappa shape index (κ1) is 47.9. The van der Waals surface area contributed by atoms with Gasteiger partial charge in [0.05, 0.1) is 35.5 Å². The molecule has 0 aliphatic heterocycles. The summed E-state index contributed by atoms with van der Waals surface area (Å²) in [5.41, 5.74) is 14.4. The number of fused-ring (bicyclic) bond motifs is 2. The Hall–Kier alpha value is -7.06. The maximum Gasteiger partial charge on any atom is 0.258 e. The Morgan fingerprint density at radius 1 is 0.836 bits per heavy atom. The number of aryl methyl sites for hydroxylation is 2. The van der Waals surface area contributed by atoms with E-state index in [1.807, 2.05) is 73.7 Å². The van der Waals surface area contributed by atoms with E-state index in [0.29, 0.717) is 46.4 Å². The summed E-state index contributed by atoms with van der Waals surface area (Å²) >= 11 is 0. The molecule has 0 bridgehead atoms. The highest BCUT2D eigenvalue weighted by Gasteiger charge is 2.19. The van der Waals surface area contributed by atoms with Gasteiger partial charge in [-0.1, -0.05) is 55.3 Å². The third-order valence-electron chi connectivity index (χ3n) is 12.0. The Bertz CT molecular complexity index is 2880. The molecule has 1 atom stereocenters. The lowest BCUT2D eigenvalue weighted by molar-refractivity contribution is 0.0988. The van der Waals surface area contributed by atoms with Crippen molar-refractivity contribution in [1.29, 1.82) is 0 Å². The number of nitrogens with zero attached hydrogens (tertiary/aromatic N) is 2. The monoisotopic (exact) mass is 904 g/mol. The number of anilines is 3. The minimum absolute atomic E-state index is 0.0204. The number of aromatic nitrogens is 2. The number of aliphatic hydroxyl groups excluding tert-OH is 1. The number of hydrogen-bond acceptors (Lipinski definition) is 10. The van der Waals surface area contributed by atoms with Gasteiger partial charge in [0.15, 0.2) is 0 Å². The summed E-state index contributed by atoms with van der Waals surface area (Å²) in [6, 6.07) is 33.6. The number of rotatable bonds is 23. The predicted molar refractivity (Wildman–Crippen MR) is 266 cm³/mol. The molecule has 67 heavy (non-hydrogen) atoms. The molecule has 0 saturated heterocycles.